The van der Waals surface area contributed by atoms with E-state index in [4.69, 9.17) is 10.9 Å². The van der Waals surface area contributed by atoms with Crippen LogP contribution in [-0.2, 0) is 14.8 Å². The molecule has 1 aliphatic rings. The Morgan fingerprint density at radius 3 is 2.10 bits per heavy atom. The zero-order valence-electron chi connectivity index (χ0n) is 11.1. The number of primary amides is 1. The zero-order chi connectivity index (χ0) is 14.8. The van der Waals surface area contributed by atoms with E-state index in [0.29, 0.717) is 0 Å². The molecule has 7 heteroatoms. The highest BCUT2D eigenvalue weighted by atomic mass is 32.2. The van der Waals surface area contributed by atoms with Crippen LogP contribution in [0, 0.1) is 5.92 Å². The molecule has 6 nitrogen and oxygen atoms in total. The average Bonchev–Trinajstić information content (AvgIpc) is 2.39. The number of benzene rings is 1. The number of nitrogens with one attached hydrogen (secondary N) is 1. The van der Waals surface area contributed by atoms with Gasteiger partial charge >= 0.3 is 0 Å². The smallest absolute Gasteiger partial charge is 0.238 e. The van der Waals surface area contributed by atoms with E-state index in [0.717, 1.165) is 31.4 Å². The Labute approximate surface area is 118 Å². The number of hydrogen-bond acceptors (Lipinski definition) is 4. The van der Waals surface area contributed by atoms with Crippen molar-refractivity contribution in [2.24, 2.45) is 16.8 Å². The van der Waals surface area contributed by atoms with Gasteiger partial charge in [-0.1, -0.05) is 0 Å². The first-order valence-electron chi connectivity index (χ1n) is 6.55. The monoisotopic (exact) mass is 297 g/mol. The molecule has 0 heterocycles. The number of hydrogen-bond donors (Lipinski definition) is 3. The first-order chi connectivity index (χ1) is 9.36. The molecule has 0 radical (unpaired) electrons. The standard InChI is InChI=1S/C13H19N3O3S/c14-13(17)9-1-3-10(4-2-9)16-11-5-7-12(8-6-11)20(15,18)19/h5-10,16H,1-4H2,(H2,14,17)(H2,15,18,19). The van der Waals surface area contributed by atoms with Crippen LogP contribution in [0.3, 0.4) is 0 Å². The summed E-state index contributed by atoms with van der Waals surface area (Å²) in [5, 5.41) is 8.37. The molecular formula is C13H19N3O3S. The fraction of sp³-hybridized carbons (Fsp3) is 0.462. The molecule has 0 aromatic heterocycles. The molecule has 1 amide bonds. The molecule has 20 heavy (non-hydrogen) atoms. The molecular weight excluding hydrogens is 278 g/mol. The minimum absolute atomic E-state index is 0.0159. The number of carbonyl (C=O) groups excluding carboxylic acids is 1. The molecule has 110 valence electrons. The summed E-state index contributed by atoms with van der Waals surface area (Å²) in [7, 11) is -3.65. The lowest BCUT2D eigenvalue weighted by atomic mass is 9.85. The minimum Gasteiger partial charge on any atom is -0.382 e. The van der Waals surface area contributed by atoms with E-state index < -0.39 is 10.0 Å². The lowest BCUT2D eigenvalue weighted by Gasteiger charge is -2.28. The van der Waals surface area contributed by atoms with Crippen LogP contribution in [-0.4, -0.2) is 20.4 Å². The van der Waals surface area contributed by atoms with Crippen LogP contribution in [0.15, 0.2) is 29.2 Å². The second kappa shape index (κ2) is 5.80. The van der Waals surface area contributed by atoms with E-state index in [9.17, 15) is 13.2 Å². The van der Waals surface area contributed by atoms with Crippen molar-refractivity contribution >= 4 is 21.6 Å². The summed E-state index contributed by atoms with van der Waals surface area (Å²) < 4.78 is 22.3. The lowest BCUT2D eigenvalue weighted by Crippen LogP contribution is -2.32. The summed E-state index contributed by atoms with van der Waals surface area (Å²) in [6, 6.07) is 6.63. The van der Waals surface area contributed by atoms with Crippen LogP contribution in [0.5, 0.6) is 0 Å². The van der Waals surface area contributed by atoms with Crippen molar-refractivity contribution in [3.05, 3.63) is 24.3 Å². The maximum atomic E-state index is 11.1. The van der Waals surface area contributed by atoms with E-state index in [-0.39, 0.29) is 22.8 Å². The van der Waals surface area contributed by atoms with Crippen molar-refractivity contribution in [3.8, 4) is 0 Å². The van der Waals surface area contributed by atoms with Gasteiger partial charge in [0.1, 0.15) is 0 Å². The molecule has 0 saturated heterocycles. The van der Waals surface area contributed by atoms with Crippen LogP contribution in [0.25, 0.3) is 0 Å². The Balaban J connectivity index is 1.93. The summed E-state index contributed by atoms with van der Waals surface area (Å²) in [6.45, 7) is 0. The van der Waals surface area contributed by atoms with Gasteiger partial charge in [0, 0.05) is 17.6 Å². The van der Waals surface area contributed by atoms with E-state index in [1.165, 1.54) is 12.1 Å². The maximum Gasteiger partial charge on any atom is 0.238 e. The van der Waals surface area contributed by atoms with E-state index >= 15 is 0 Å². The molecule has 5 N–H and O–H groups in total. The third-order valence-corrected chi connectivity index (χ3v) is 4.61. The van der Waals surface area contributed by atoms with Crippen LogP contribution in [0.2, 0.25) is 0 Å². The molecule has 0 atom stereocenters. The summed E-state index contributed by atoms with van der Waals surface area (Å²) in [5.41, 5.74) is 6.14. The highest BCUT2D eigenvalue weighted by molar-refractivity contribution is 7.89. The Kier molecular flexibility index (Phi) is 4.29. The van der Waals surface area contributed by atoms with Crippen molar-refractivity contribution in [1.82, 2.24) is 0 Å². The van der Waals surface area contributed by atoms with Gasteiger partial charge in [-0.25, -0.2) is 13.6 Å². The van der Waals surface area contributed by atoms with Crippen molar-refractivity contribution in [2.75, 3.05) is 5.32 Å². The SMILES string of the molecule is NC(=O)C1CCC(Nc2ccc(S(N)(=O)=O)cc2)CC1. The summed E-state index contributed by atoms with van der Waals surface area (Å²) in [5.74, 6) is -0.237. The second-order valence-electron chi connectivity index (χ2n) is 5.16. The van der Waals surface area contributed by atoms with Gasteiger partial charge in [0.05, 0.1) is 4.90 Å². The molecule has 1 aromatic carbocycles. The quantitative estimate of drug-likeness (QED) is 0.762. The van der Waals surface area contributed by atoms with Crippen molar-refractivity contribution < 1.29 is 13.2 Å². The third-order valence-electron chi connectivity index (χ3n) is 3.68. The largest absolute Gasteiger partial charge is 0.382 e. The minimum atomic E-state index is -3.65. The van der Waals surface area contributed by atoms with Gasteiger partial charge in [0.2, 0.25) is 15.9 Å². The van der Waals surface area contributed by atoms with E-state index in [2.05, 4.69) is 5.32 Å². The van der Waals surface area contributed by atoms with Crippen LogP contribution < -0.4 is 16.2 Å². The second-order valence-corrected chi connectivity index (χ2v) is 6.73. The highest BCUT2D eigenvalue weighted by Gasteiger charge is 2.24. The Bertz CT molecular complexity index is 575. The van der Waals surface area contributed by atoms with Gasteiger partial charge in [0.25, 0.3) is 0 Å². The topological polar surface area (TPSA) is 115 Å². The predicted octanol–water partition coefficient (Wildman–Crippen LogP) is 0.790. The van der Waals surface area contributed by atoms with E-state index in [1.54, 1.807) is 12.1 Å². The molecule has 1 aromatic rings. The number of primary sulfonamides is 1. The molecule has 1 aliphatic carbocycles. The molecule has 0 spiro atoms. The first-order valence-corrected chi connectivity index (χ1v) is 8.09. The fourth-order valence-corrected chi connectivity index (χ4v) is 3.01. The van der Waals surface area contributed by atoms with Crippen molar-refractivity contribution in [3.63, 3.8) is 0 Å². The van der Waals surface area contributed by atoms with Crippen LogP contribution in [0.4, 0.5) is 5.69 Å². The summed E-state index contributed by atoms with van der Waals surface area (Å²) in [4.78, 5) is 11.2. The predicted molar refractivity (Wildman–Crippen MR) is 76.4 cm³/mol. The lowest BCUT2D eigenvalue weighted by molar-refractivity contribution is -0.122. The normalized spacial score (nSPS) is 23.2. The summed E-state index contributed by atoms with van der Waals surface area (Å²) in [6.07, 6.45) is 3.35. The molecule has 1 saturated carbocycles. The van der Waals surface area contributed by atoms with Gasteiger partial charge in [0.15, 0.2) is 0 Å². The molecule has 0 unspecified atom stereocenters. The number of amides is 1. The Morgan fingerprint density at radius 2 is 1.65 bits per heavy atom. The molecule has 0 aliphatic heterocycles. The molecule has 2 rings (SSSR count). The molecule has 1 fully saturated rings. The fourth-order valence-electron chi connectivity index (χ4n) is 2.50. The molecule has 0 bridgehead atoms. The van der Waals surface area contributed by atoms with Crippen LogP contribution in [0.1, 0.15) is 25.7 Å². The number of nitrogens with two attached hydrogens (primary N) is 2. The highest BCUT2D eigenvalue weighted by Crippen LogP contribution is 2.26. The van der Waals surface area contributed by atoms with E-state index in [1.807, 2.05) is 0 Å². The van der Waals surface area contributed by atoms with Crippen molar-refractivity contribution in [2.45, 2.75) is 36.6 Å². The zero-order valence-corrected chi connectivity index (χ0v) is 11.9. The van der Waals surface area contributed by atoms with Crippen LogP contribution >= 0.6 is 0 Å². The number of sulfonamides is 1. The van der Waals surface area contributed by atoms with Crippen molar-refractivity contribution in [1.29, 1.82) is 0 Å². The Morgan fingerprint density at radius 1 is 1.10 bits per heavy atom. The van der Waals surface area contributed by atoms with Gasteiger partial charge in [-0.15, -0.1) is 0 Å². The Hall–Kier alpha value is -1.60. The number of rotatable bonds is 4. The maximum absolute atomic E-state index is 11.1. The first kappa shape index (κ1) is 14.8. The average molecular weight is 297 g/mol. The number of carbonyl (C=O) groups is 1. The van der Waals surface area contributed by atoms with Gasteiger partial charge in [-0.2, -0.15) is 0 Å². The third kappa shape index (κ3) is 3.71. The summed E-state index contributed by atoms with van der Waals surface area (Å²) >= 11 is 0. The van der Waals surface area contributed by atoms with Gasteiger partial charge < -0.3 is 11.1 Å². The number of anilines is 1. The van der Waals surface area contributed by atoms with Gasteiger partial charge in [-0.3, -0.25) is 4.79 Å². The van der Waals surface area contributed by atoms with Gasteiger partial charge in [-0.05, 0) is 49.9 Å².